The van der Waals surface area contributed by atoms with E-state index in [9.17, 15) is 13.2 Å². The summed E-state index contributed by atoms with van der Waals surface area (Å²) in [5.41, 5.74) is -0.645. The third kappa shape index (κ3) is 5.41. The SMILES string of the molecule is CN(C)C(CNC(=O)c1ccc(S(=O)(=O)NC(C)(C)C)o1)c1cccs1. The topological polar surface area (TPSA) is 91.7 Å². The minimum absolute atomic E-state index is 0.0275. The summed E-state index contributed by atoms with van der Waals surface area (Å²) in [7, 11) is 0.0595. The molecule has 0 aliphatic heterocycles. The number of likely N-dealkylation sites (N-methyl/N-ethyl adjacent to an activating group) is 1. The second-order valence-electron chi connectivity index (χ2n) is 7.18. The Labute approximate surface area is 158 Å². The third-order valence-electron chi connectivity index (χ3n) is 3.46. The predicted octanol–water partition coefficient (Wildman–Crippen LogP) is 2.45. The predicted molar refractivity (Wildman–Crippen MR) is 102 cm³/mol. The number of carbonyl (C=O) groups excluding carboxylic acids is 1. The third-order valence-corrected chi connectivity index (χ3v) is 6.07. The van der Waals surface area contributed by atoms with Gasteiger partial charge in [-0.1, -0.05) is 6.07 Å². The summed E-state index contributed by atoms with van der Waals surface area (Å²) in [6, 6.07) is 6.65. The number of carbonyl (C=O) groups is 1. The molecule has 26 heavy (non-hydrogen) atoms. The summed E-state index contributed by atoms with van der Waals surface area (Å²) in [4.78, 5) is 15.5. The zero-order chi connectivity index (χ0) is 19.5. The number of furan rings is 1. The van der Waals surface area contributed by atoms with Gasteiger partial charge in [0.2, 0.25) is 5.09 Å². The molecule has 2 aromatic heterocycles. The Morgan fingerprint density at radius 2 is 1.96 bits per heavy atom. The van der Waals surface area contributed by atoms with Crippen molar-refractivity contribution in [2.24, 2.45) is 0 Å². The number of nitrogens with zero attached hydrogens (tertiary/aromatic N) is 1. The van der Waals surface area contributed by atoms with Gasteiger partial charge in [-0.15, -0.1) is 11.3 Å². The van der Waals surface area contributed by atoms with E-state index < -0.39 is 21.5 Å². The van der Waals surface area contributed by atoms with E-state index in [1.54, 1.807) is 32.1 Å². The summed E-state index contributed by atoms with van der Waals surface area (Å²) in [6.45, 7) is 5.57. The van der Waals surface area contributed by atoms with Gasteiger partial charge in [-0.25, -0.2) is 13.1 Å². The molecule has 0 saturated heterocycles. The molecule has 2 N–H and O–H groups in total. The Bertz CT molecular complexity index is 834. The van der Waals surface area contributed by atoms with E-state index in [4.69, 9.17) is 4.42 Å². The highest BCUT2D eigenvalue weighted by molar-refractivity contribution is 7.89. The van der Waals surface area contributed by atoms with E-state index in [0.29, 0.717) is 6.54 Å². The van der Waals surface area contributed by atoms with Crippen LogP contribution in [0.3, 0.4) is 0 Å². The molecule has 2 aromatic rings. The maximum Gasteiger partial charge on any atom is 0.287 e. The molecule has 2 heterocycles. The van der Waals surface area contributed by atoms with E-state index in [1.807, 2.05) is 36.5 Å². The fourth-order valence-corrected chi connectivity index (χ4v) is 4.61. The number of rotatable bonds is 7. The Morgan fingerprint density at radius 1 is 1.27 bits per heavy atom. The van der Waals surface area contributed by atoms with E-state index >= 15 is 0 Å². The number of amides is 1. The zero-order valence-electron chi connectivity index (χ0n) is 15.6. The fourth-order valence-electron chi connectivity index (χ4n) is 2.34. The molecule has 0 aromatic carbocycles. The van der Waals surface area contributed by atoms with Gasteiger partial charge in [0.05, 0.1) is 6.04 Å². The molecule has 0 spiro atoms. The van der Waals surface area contributed by atoms with Crippen molar-refractivity contribution in [1.82, 2.24) is 14.9 Å². The summed E-state index contributed by atoms with van der Waals surface area (Å²) in [5.74, 6) is -0.492. The van der Waals surface area contributed by atoms with Crippen molar-refractivity contribution >= 4 is 27.3 Å². The first kappa shape index (κ1) is 20.6. The first-order valence-corrected chi connectivity index (χ1v) is 10.5. The monoisotopic (exact) mass is 399 g/mol. The minimum Gasteiger partial charge on any atom is -0.438 e. The highest BCUT2D eigenvalue weighted by Crippen LogP contribution is 2.22. The molecule has 0 saturated carbocycles. The quantitative estimate of drug-likeness (QED) is 0.746. The number of hydrogen-bond acceptors (Lipinski definition) is 6. The van der Waals surface area contributed by atoms with Crippen LogP contribution in [-0.4, -0.2) is 45.4 Å². The van der Waals surface area contributed by atoms with Crippen molar-refractivity contribution < 1.29 is 17.6 Å². The van der Waals surface area contributed by atoms with Crippen LogP contribution in [0, 0.1) is 0 Å². The molecular weight excluding hydrogens is 374 g/mol. The molecule has 144 valence electrons. The van der Waals surface area contributed by atoms with E-state index in [-0.39, 0.29) is 16.9 Å². The van der Waals surface area contributed by atoms with Gasteiger partial charge in [0, 0.05) is 17.0 Å². The summed E-state index contributed by atoms with van der Waals surface area (Å²) < 4.78 is 32.3. The molecule has 0 radical (unpaired) electrons. The highest BCUT2D eigenvalue weighted by Gasteiger charge is 2.26. The van der Waals surface area contributed by atoms with Crippen molar-refractivity contribution in [3.63, 3.8) is 0 Å². The number of hydrogen-bond donors (Lipinski definition) is 2. The molecule has 9 heteroatoms. The highest BCUT2D eigenvalue weighted by atomic mass is 32.2. The maximum atomic E-state index is 12.3. The Balaban J connectivity index is 2.06. The molecule has 0 aliphatic carbocycles. The largest absolute Gasteiger partial charge is 0.438 e. The molecule has 2 rings (SSSR count). The lowest BCUT2D eigenvalue weighted by Gasteiger charge is -2.23. The van der Waals surface area contributed by atoms with Crippen LogP contribution < -0.4 is 10.0 Å². The van der Waals surface area contributed by atoms with Gasteiger partial charge in [0.25, 0.3) is 15.9 Å². The van der Waals surface area contributed by atoms with Gasteiger partial charge in [-0.3, -0.25) is 4.79 Å². The summed E-state index contributed by atoms with van der Waals surface area (Å²) in [5, 5.41) is 4.51. The van der Waals surface area contributed by atoms with Gasteiger partial charge in [-0.2, -0.15) is 0 Å². The van der Waals surface area contributed by atoms with Crippen LogP contribution >= 0.6 is 11.3 Å². The molecule has 0 fully saturated rings. The molecule has 1 amide bonds. The van der Waals surface area contributed by atoms with Crippen molar-refractivity contribution in [2.45, 2.75) is 37.4 Å². The van der Waals surface area contributed by atoms with Crippen LogP contribution in [0.2, 0.25) is 0 Å². The molecular formula is C17H25N3O4S2. The van der Waals surface area contributed by atoms with Crippen LogP contribution in [0.15, 0.2) is 39.2 Å². The molecule has 1 atom stereocenters. The van der Waals surface area contributed by atoms with Crippen LogP contribution in [0.4, 0.5) is 0 Å². The van der Waals surface area contributed by atoms with Crippen molar-refractivity contribution in [3.8, 4) is 0 Å². The minimum atomic E-state index is -3.81. The molecule has 0 bridgehead atoms. The summed E-state index contributed by atoms with van der Waals surface area (Å²) in [6.07, 6.45) is 0. The van der Waals surface area contributed by atoms with Crippen LogP contribution in [-0.2, 0) is 10.0 Å². The Hall–Kier alpha value is -1.68. The Kier molecular flexibility index (Phi) is 6.28. The zero-order valence-corrected chi connectivity index (χ0v) is 17.2. The lowest BCUT2D eigenvalue weighted by molar-refractivity contribution is 0.0909. The van der Waals surface area contributed by atoms with Gasteiger partial charge < -0.3 is 14.6 Å². The maximum absolute atomic E-state index is 12.3. The van der Waals surface area contributed by atoms with Crippen LogP contribution in [0.5, 0.6) is 0 Å². The van der Waals surface area contributed by atoms with Gasteiger partial charge in [0.1, 0.15) is 0 Å². The standard InChI is InChI=1S/C17H25N3O4S2/c1-17(2,3)19-26(22,23)15-9-8-13(24-15)16(21)18-11-12(20(4)5)14-7-6-10-25-14/h6-10,12,19H,11H2,1-5H3,(H,18,21). The molecule has 1 unspecified atom stereocenters. The van der Waals surface area contributed by atoms with Gasteiger partial charge in [0.15, 0.2) is 5.76 Å². The van der Waals surface area contributed by atoms with Crippen molar-refractivity contribution in [1.29, 1.82) is 0 Å². The fraction of sp³-hybridized carbons (Fsp3) is 0.471. The van der Waals surface area contributed by atoms with E-state index in [1.165, 1.54) is 12.1 Å². The van der Waals surface area contributed by atoms with E-state index in [2.05, 4.69) is 10.0 Å². The average Bonchev–Trinajstić information content (AvgIpc) is 3.16. The van der Waals surface area contributed by atoms with Crippen LogP contribution in [0.1, 0.15) is 42.2 Å². The average molecular weight is 400 g/mol. The normalized spacial score (nSPS) is 13.8. The van der Waals surface area contributed by atoms with Crippen molar-refractivity contribution in [2.75, 3.05) is 20.6 Å². The number of thiophene rings is 1. The lowest BCUT2D eigenvalue weighted by atomic mass is 10.1. The summed E-state index contributed by atoms with van der Waals surface area (Å²) >= 11 is 1.62. The van der Waals surface area contributed by atoms with Crippen LogP contribution in [0.25, 0.3) is 0 Å². The molecule has 0 aliphatic rings. The number of sulfonamides is 1. The number of nitrogens with one attached hydrogen (secondary N) is 2. The Morgan fingerprint density at radius 3 is 2.50 bits per heavy atom. The second-order valence-corrected chi connectivity index (χ2v) is 9.77. The smallest absolute Gasteiger partial charge is 0.287 e. The van der Waals surface area contributed by atoms with Gasteiger partial charge >= 0.3 is 0 Å². The molecule has 7 nitrogen and oxygen atoms in total. The first-order valence-electron chi connectivity index (χ1n) is 8.11. The lowest BCUT2D eigenvalue weighted by Crippen LogP contribution is -2.40. The second kappa shape index (κ2) is 7.91. The van der Waals surface area contributed by atoms with Crippen molar-refractivity contribution in [3.05, 3.63) is 40.3 Å². The van der Waals surface area contributed by atoms with Gasteiger partial charge in [-0.05, 0) is 58.4 Å². The first-order chi connectivity index (χ1) is 12.0. The van der Waals surface area contributed by atoms with E-state index in [0.717, 1.165) is 4.88 Å².